The van der Waals surface area contributed by atoms with E-state index in [1.807, 2.05) is 24.5 Å². The lowest BCUT2D eigenvalue weighted by Crippen LogP contribution is -2.57. The first-order valence-electron chi connectivity index (χ1n) is 7.07. The first-order valence-corrected chi connectivity index (χ1v) is 7.07. The molecule has 21 heavy (non-hydrogen) atoms. The zero-order chi connectivity index (χ0) is 14.9. The van der Waals surface area contributed by atoms with Gasteiger partial charge in [-0.3, -0.25) is 4.79 Å². The van der Waals surface area contributed by atoms with E-state index in [4.69, 9.17) is 11.5 Å². The molecule has 6 nitrogen and oxygen atoms in total. The normalized spacial score (nSPS) is 22.2. The largest absolute Gasteiger partial charge is 0.384 e. The van der Waals surface area contributed by atoms with Crippen LogP contribution < -0.4 is 16.4 Å². The molecule has 1 aliphatic rings. The standard InChI is InChI=1S/C15H19N5O/c16-13-4-3-11(9-19-13)15(14(17)21)6-1-2-8-20(15)12-5-7-18-10-12/h3-5,7,9-10,18H,1-2,6,8H2,(H2,16,19)(H2,17,21). The summed E-state index contributed by atoms with van der Waals surface area (Å²) in [5.41, 5.74) is 12.4. The number of carbonyl (C=O) groups excluding carboxylic acids is 1. The molecule has 2 aromatic heterocycles. The number of piperidine rings is 1. The minimum absolute atomic E-state index is 0.352. The Morgan fingerprint density at radius 1 is 1.33 bits per heavy atom. The zero-order valence-electron chi connectivity index (χ0n) is 11.7. The molecule has 3 heterocycles. The molecule has 6 heteroatoms. The molecule has 110 valence electrons. The van der Waals surface area contributed by atoms with Gasteiger partial charge in [-0.1, -0.05) is 6.07 Å². The van der Waals surface area contributed by atoms with Gasteiger partial charge in [-0.05, 0) is 31.4 Å². The number of aromatic nitrogens is 2. The van der Waals surface area contributed by atoms with Gasteiger partial charge < -0.3 is 21.4 Å². The van der Waals surface area contributed by atoms with E-state index in [0.29, 0.717) is 12.2 Å². The maximum absolute atomic E-state index is 12.4. The van der Waals surface area contributed by atoms with Crippen molar-refractivity contribution in [3.8, 4) is 0 Å². The lowest BCUT2D eigenvalue weighted by molar-refractivity contribution is -0.124. The van der Waals surface area contributed by atoms with Gasteiger partial charge in [0.15, 0.2) is 0 Å². The van der Waals surface area contributed by atoms with Crippen LogP contribution in [0.4, 0.5) is 11.5 Å². The Labute approximate surface area is 123 Å². The van der Waals surface area contributed by atoms with Gasteiger partial charge in [0.25, 0.3) is 0 Å². The van der Waals surface area contributed by atoms with E-state index < -0.39 is 5.54 Å². The maximum atomic E-state index is 12.4. The van der Waals surface area contributed by atoms with E-state index in [9.17, 15) is 4.79 Å². The maximum Gasteiger partial charge on any atom is 0.248 e. The first-order chi connectivity index (χ1) is 10.1. The molecule has 1 atom stereocenters. The van der Waals surface area contributed by atoms with Gasteiger partial charge >= 0.3 is 0 Å². The third-order valence-corrected chi connectivity index (χ3v) is 4.20. The smallest absolute Gasteiger partial charge is 0.248 e. The minimum atomic E-state index is -0.860. The molecule has 5 N–H and O–H groups in total. The molecule has 0 bridgehead atoms. The number of rotatable bonds is 3. The highest BCUT2D eigenvalue weighted by molar-refractivity contribution is 5.90. The topological polar surface area (TPSA) is 101 Å². The second-order valence-corrected chi connectivity index (χ2v) is 5.37. The Morgan fingerprint density at radius 3 is 2.81 bits per heavy atom. The molecule has 2 aromatic rings. The highest BCUT2D eigenvalue weighted by Gasteiger charge is 2.46. The Hall–Kier alpha value is -2.50. The number of anilines is 2. The van der Waals surface area contributed by atoms with Crippen molar-refractivity contribution in [1.82, 2.24) is 9.97 Å². The molecule has 0 radical (unpaired) electrons. The van der Waals surface area contributed by atoms with Gasteiger partial charge in [-0.15, -0.1) is 0 Å². The van der Waals surface area contributed by atoms with Crippen LogP contribution in [0.15, 0.2) is 36.8 Å². The number of amides is 1. The summed E-state index contributed by atoms with van der Waals surface area (Å²) in [4.78, 5) is 21.6. The number of aromatic amines is 1. The summed E-state index contributed by atoms with van der Waals surface area (Å²) >= 11 is 0. The van der Waals surface area contributed by atoms with Gasteiger partial charge in [0.2, 0.25) is 5.91 Å². The van der Waals surface area contributed by atoms with Crippen molar-refractivity contribution in [3.05, 3.63) is 42.4 Å². The molecule has 3 rings (SSSR count). The number of primary amides is 1. The number of hydrogen-bond donors (Lipinski definition) is 3. The number of hydrogen-bond acceptors (Lipinski definition) is 4. The fourth-order valence-electron chi connectivity index (χ4n) is 3.16. The summed E-state index contributed by atoms with van der Waals surface area (Å²) in [6.07, 6.45) is 8.05. The van der Waals surface area contributed by atoms with E-state index in [2.05, 4.69) is 14.9 Å². The van der Waals surface area contributed by atoms with E-state index in [1.54, 1.807) is 12.3 Å². The van der Waals surface area contributed by atoms with Crippen LogP contribution in [0.1, 0.15) is 24.8 Å². The molecule has 1 aliphatic heterocycles. The average molecular weight is 285 g/mol. The van der Waals surface area contributed by atoms with Gasteiger partial charge in [0.05, 0.1) is 5.69 Å². The lowest BCUT2D eigenvalue weighted by atomic mass is 9.80. The summed E-state index contributed by atoms with van der Waals surface area (Å²) < 4.78 is 0. The summed E-state index contributed by atoms with van der Waals surface area (Å²) in [5, 5.41) is 0. The number of carbonyl (C=O) groups is 1. The summed E-state index contributed by atoms with van der Waals surface area (Å²) in [6.45, 7) is 0.783. The Morgan fingerprint density at radius 2 is 2.19 bits per heavy atom. The minimum Gasteiger partial charge on any atom is -0.384 e. The van der Waals surface area contributed by atoms with Crippen molar-refractivity contribution in [1.29, 1.82) is 0 Å². The molecule has 0 spiro atoms. The van der Waals surface area contributed by atoms with Crippen LogP contribution in [0.5, 0.6) is 0 Å². The molecular formula is C15H19N5O. The van der Waals surface area contributed by atoms with E-state index in [0.717, 1.165) is 30.6 Å². The van der Waals surface area contributed by atoms with E-state index in [-0.39, 0.29) is 5.91 Å². The van der Waals surface area contributed by atoms with Crippen molar-refractivity contribution < 1.29 is 4.79 Å². The predicted octanol–water partition coefficient (Wildman–Crippen LogP) is 1.36. The van der Waals surface area contributed by atoms with Gasteiger partial charge in [-0.25, -0.2) is 4.98 Å². The van der Waals surface area contributed by atoms with Crippen LogP contribution in [0, 0.1) is 0 Å². The average Bonchev–Trinajstić information content (AvgIpc) is 3.01. The second kappa shape index (κ2) is 5.12. The first kappa shape index (κ1) is 13.5. The number of nitrogens with one attached hydrogen (secondary N) is 1. The number of H-pyrrole nitrogens is 1. The molecule has 0 saturated carbocycles. The number of pyridine rings is 1. The molecule has 1 unspecified atom stereocenters. The molecule has 0 aromatic carbocycles. The quantitative estimate of drug-likeness (QED) is 0.792. The molecule has 1 fully saturated rings. The third-order valence-electron chi connectivity index (χ3n) is 4.20. The van der Waals surface area contributed by atoms with Crippen LogP contribution in [-0.4, -0.2) is 22.4 Å². The second-order valence-electron chi connectivity index (χ2n) is 5.37. The number of nitrogen functional groups attached to an aromatic ring is 1. The van der Waals surface area contributed by atoms with E-state index >= 15 is 0 Å². The summed E-state index contributed by atoms with van der Waals surface area (Å²) in [6, 6.07) is 5.51. The lowest BCUT2D eigenvalue weighted by Gasteiger charge is -2.46. The van der Waals surface area contributed by atoms with Crippen molar-refractivity contribution in [2.75, 3.05) is 17.2 Å². The van der Waals surface area contributed by atoms with Crippen LogP contribution in [0.25, 0.3) is 0 Å². The fourth-order valence-corrected chi connectivity index (χ4v) is 3.16. The predicted molar refractivity (Wildman–Crippen MR) is 81.5 cm³/mol. The van der Waals surface area contributed by atoms with Gasteiger partial charge in [0.1, 0.15) is 11.4 Å². The van der Waals surface area contributed by atoms with Crippen LogP contribution in [-0.2, 0) is 10.3 Å². The highest BCUT2D eigenvalue weighted by Crippen LogP contribution is 2.40. The van der Waals surface area contributed by atoms with Crippen molar-refractivity contribution in [2.24, 2.45) is 5.73 Å². The highest BCUT2D eigenvalue weighted by atomic mass is 16.1. The summed E-state index contributed by atoms with van der Waals surface area (Å²) in [5.74, 6) is 0.0809. The van der Waals surface area contributed by atoms with Crippen LogP contribution in [0.2, 0.25) is 0 Å². The molecule has 1 amide bonds. The molecular weight excluding hydrogens is 266 g/mol. The Bertz CT molecular complexity index is 622. The fraction of sp³-hybridized carbons (Fsp3) is 0.333. The van der Waals surface area contributed by atoms with Crippen LogP contribution >= 0.6 is 0 Å². The zero-order valence-corrected chi connectivity index (χ0v) is 11.7. The SMILES string of the molecule is NC(=O)C1(c2ccc(N)nc2)CCCCN1c1cc[nH]c1. The molecule has 1 saturated heterocycles. The third kappa shape index (κ3) is 2.12. The van der Waals surface area contributed by atoms with Crippen molar-refractivity contribution in [3.63, 3.8) is 0 Å². The number of nitrogens with two attached hydrogens (primary N) is 2. The monoisotopic (exact) mass is 285 g/mol. The van der Waals surface area contributed by atoms with Gasteiger partial charge in [-0.2, -0.15) is 0 Å². The van der Waals surface area contributed by atoms with Gasteiger partial charge in [0, 0.05) is 30.7 Å². The van der Waals surface area contributed by atoms with Crippen molar-refractivity contribution in [2.45, 2.75) is 24.8 Å². The van der Waals surface area contributed by atoms with Crippen LogP contribution in [0.3, 0.4) is 0 Å². The Balaban J connectivity index is 2.13. The number of nitrogens with zero attached hydrogens (tertiary/aromatic N) is 2. The Kier molecular flexibility index (Phi) is 3.29. The summed E-state index contributed by atoms with van der Waals surface area (Å²) in [7, 11) is 0. The van der Waals surface area contributed by atoms with E-state index in [1.165, 1.54) is 0 Å². The van der Waals surface area contributed by atoms with Crippen molar-refractivity contribution >= 4 is 17.4 Å². The molecule has 0 aliphatic carbocycles.